The fourth-order valence-electron chi connectivity index (χ4n) is 4.05. The number of rotatable bonds is 4. The van der Waals surface area contributed by atoms with Crippen LogP contribution in [-0.2, 0) is 4.79 Å². The van der Waals surface area contributed by atoms with Crippen molar-refractivity contribution in [2.24, 2.45) is 17.8 Å². The van der Waals surface area contributed by atoms with Crippen molar-refractivity contribution in [2.75, 3.05) is 12.4 Å². The maximum atomic E-state index is 12.5. The lowest BCUT2D eigenvalue weighted by Gasteiger charge is -2.19. The molecule has 2 aliphatic rings. The number of benzene rings is 1. The highest BCUT2D eigenvalue weighted by atomic mass is 35.5. The van der Waals surface area contributed by atoms with Gasteiger partial charge in [-0.1, -0.05) is 18.0 Å². The number of nitrogens with one attached hydrogen (secondary N) is 1. The first-order valence-corrected chi connectivity index (χ1v) is 9.50. The molecule has 0 aliphatic heterocycles. The van der Waals surface area contributed by atoms with Gasteiger partial charge in [-0.05, 0) is 49.3 Å². The Hall–Kier alpha value is -1.59. The molecule has 3 unspecified atom stereocenters. The third kappa shape index (κ3) is 2.91. The molecule has 3 atom stereocenters. The number of hydrogen-bond donors (Lipinski definition) is 1. The number of carbonyl (C=O) groups excluding carboxylic acids is 1. The Kier molecular flexibility index (Phi) is 4.22. The van der Waals surface area contributed by atoms with Crippen LogP contribution in [0.15, 0.2) is 23.6 Å². The lowest BCUT2D eigenvalue weighted by molar-refractivity contribution is -0.121. The van der Waals surface area contributed by atoms with E-state index in [-0.39, 0.29) is 11.8 Å². The van der Waals surface area contributed by atoms with E-state index < -0.39 is 0 Å². The number of methoxy groups -OCH3 is 1. The van der Waals surface area contributed by atoms with Gasteiger partial charge in [0.05, 0.1) is 17.8 Å². The minimum Gasteiger partial charge on any atom is -0.495 e. The van der Waals surface area contributed by atoms with Crippen LogP contribution in [0.4, 0.5) is 5.13 Å². The van der Waals surface area contributed by atoms with Crippen molar-refractivity contribution >= 4 is 34.0 Å². The summed E-state index contributed by atoms with van der Waals surface area (Å²) in [5, 5.41) is 6.15. The van der Waals surface area contributed by atoms with Crippen molar-refractivity contribution in [2.45, 2.75) is 25.7 Å². The van der Waals surface area contributed by atoms with Crippen LogP contribution >= 0.6 is 22.9 Å². The Morgan fingerprint density at radius 2 is 2.25 bits per heavy atom. The van der Waals surface area contributed by atoms with Crippen molar-refractivity contribution < 1.29 is 9.53 Å². The number of aromatic nitrogens is 1. The number of fused-ring (bicyclic) bond motifs is 2. The molecule has 6 heteroatoms. The number of ether oxygens (including phenoxy) is 1. The summed E-state index contributed by atoms with van der Waals surface area (Å²) in [6.45, 7) is 0. The number of nitrogens with zero attached hydrogens (tertiary/aromatic N) is 1. The molecule has 2 fully saturated rings. The monoisotopic (exact) mass is 362 g/mol. The van der Waals surface area contributed by atoms with Gasteiger partial charge in [0.2, 0.25) is 5.91 Å². The van der Waals surface area contributed by atoms with Gasteiger partial charge < -0.3 is 10.1 Å². The summed E-state index contributed by atoms with van der Waals surface area (Å²) in [5.74, 6) is 2.29. The van der Waals surface area contributed by atoms with Crippen LogP contribution in [-0.4, -0.2) is 18.0 Å². The van der Waals surface area contributed by atoms with E-state index in [9.17, 15) is 4.79 Å². The van der Waals surface area contributed by atoms with Gasteiger partial charge in [-0.2, -0.15) is 0 Å². The summed E-state index contributed by atoms with van der Waals surface area (Å²) in [6, 6.07) is 5.57. The summed E-state index contributed by atoms with van der Waals surface area (Å²) in [5.41, 5.74) is 1.73. The highest BCUT2D eigenvalue weighted by Gasteiger charge is 2.43. The van der Waals surface area contributed by atoms with Crippen molar-refractivity contribution in [1.82, 2.24) is 4.98 Å². The lowest BCUT2D eigenvalue weighted by Crippen LogP contribution is -2.27. The van der Waals surface area contributed by atoms with Gasteiger partial charge in [-0.3, -0.25) is 4.79 Å². The molecule has 24 heavy (non-hydrogen) atoms. The van der Waals surface area contributed by atoms with Crippen molar-refractivity contribution in [3.05, 3.63) is 28.6 Å². The molecule has 2 bridgehead atoms. The first kappa shape index (κ1) is 15.9. The Labute approximate surface area is 150 Å². The van der Waals surface area contributed by atoms with E-state index >= 15 is 0 Å². The molecule has 126 valence electrons. The second kappa shape index (κ2) is 6.37. The van der Waals surface area contributed by atoms with Gasteiger partial charge in [0.15, 0.2) is 5.13 Å². The molecule has 0 saturated heterocycles. The summed E-state index contributed by atoms with van der Waals surface area (Å²) in [6.07, 6.45) is 4.78. The third-order valence-corrected chi connectivity index (χ3v) is 6.31. The summed E-state index contributed by atoms with van der Waals surface area (Å²) in [7, 11) is 1.59. The van der Waals surface area contributed by atoms with Crippen LogP contribution in [0.2, 0.25) is 5.02 Å². The normalized spacial score (nSPS) is 25.0. The van der Waals surface area contributed by atoms with E-state index in [1.165, 1.54) is 30.6 Å². The second-order valence-corrected chi connectivity index (χ2v) is 7.92. The van der Waals surface area contributed by atoms with Gasteiger partial charge in [0.1, 0.15) is 5.75 Å². The van der Waals surface area contributed by atoms with Gasteiger partial charge >= 0.3 is 0 Å². The first-order valence-electron chi connectivity index (χ1n) is 8.24. The number of amides is 1. The number of hydrogen-bond acceptors (Lipinski definition) is 4. The molecule has 1 aromatic carbocycles. The number of carbonyl (C=O) groups is 1. The fourth-order valence-corrected chi connectivity index (χ4v) is 5.03. The molecule has 2 aromatic rings. The number of halogens is 1. The highest BCUT2D eigenvalue weighted by molar-refractivity contribution is 7.14. The van der Waals surface area contributed by atoms with Gasteiger partial charge in [-0.15, -0.1) is 11.3 Å². The molecule has 1 amide bonds. The zero-order chi connectivity index (χ0) is 16.7. The van der Waals surface area contributed by atoms with Crippen LogP contribution in [0.25, 0.3) is 11.3 Å². The number of anilines is 1. The molecule has 4 rings (SSSR count). The molecule has 2 saturated carbocycles. The van der Waals surface area contributed by atoms with E-state index in [0.717, 1.165) is 23.6 Å². The number of thiazole rings is 1. The largest absolute Gasteiger partial charge is 0.495 e. The zero-order valence-corrected chi connectivity index (χ0v) is 15.0. The molecule has 0 radical (unpaired) electrons. The average molecular weight is 363 g/mol. The van der Waals surface area contributed by atoms with Gasteiger partial charge in [0.25, 0.3) is 0 Å². The smallest absolute Gasteiger partial charge is 0.229 e. The lowest BCUT2D eigenvalue weighted by atomic mass is 9.88. The topological polar surface area (TPSA) is 51.2 Å². The predicted molar refractivity (Wildman–Crippen MR) is 96.7 cm³/mol. The van der Waals surface area contributed by atoms with E-state index in [2.05, 4.69) is 10.3 Å². The van der Waals surface area contributed by atoms with E-state index in [0.29, 0.717) is 21.8 Å². The molecule has 1 N–H and O–H groups in total. The van der Waals surface area contributed by atoms with E-state index in [4.69, 9.17) is 16.3 Å². The van der Waals surface area contributed by atoms with Crippen molar-refractivity contribution in [3.63, 3.8) is 0 Å². The SMILES string of the molecule is COc1ccc(-c2csc(NC(=O)C3CC4CCC3C4)n2)cc1Cl. The molecular weight excluding hydrogens is 344 g/mol. The van der Waals surface area contributed by atoms with Crippen LogP contribution in [0.5, 0.6) is 5.75 Å². The van der Waals surface area contributed by atoms with Crippen molar-refractivity contribution in [1.29, 1.82) is 0 Å². The molecule has 2 aliphatic carbocycles. The summed E-state index contributed by atoms with van der Waals surface area (Å²) >= 11 is 7.62. The Balaban J connectivity index is 1.47. The standard InChI is InChI=1S/C18H19ClN2O2S/c1-23-16-5-4-12(8-14(16)19)15-9-24-18(20-15)21-17(22)13-7-10-2-3-11(13)6-10/h4-5,8-11,13H,2-3,6-7H2,1H3,(H,20,21,22). The van der Waals surface area contributed by atoms with Crippen molar-refractivity contribution in [3.8, 4) is 17.0 Å². The van der Waals surface area contributed by atoms with Gasteiger partial charge in [-0.25, -0.2) is 4.98 Å². The average Bonchev–Trinajstić information content (AvgIpc) is 3.31. The van der Waals surface area contributed by atoms with Crippen LogP contribution in [0.3, 0.4) is 0 Å². The maximum Gasteiger partial charge on any atom is 0.229 e. The van der Waals surface area contributed by atoms with E-state index in [1.807, 2.05) is 23.6 Å². The highest BCUT2D eigenvalue weighted by Crippen LogP contribution is 2.48. The fraction of sp³-hybridized carbons (Fsp3) is 0.444. The second-order valence-electron chi connectivity index (χ2n) is 6.66. The summed E-state index contributed by atoms with van der Waals surface area (Å²) in [4.78, 5) is 17.0. The quantitative estimate of drug-likeness (QED) is 0.846. The summed E-state index contributed by atoms with van der Waals surface area (Å²) < 4.78 is 5.17. The Bertz CT molecular complexity index is 776. The Morgan fingerprint density at radius 1 is 1.38 bits per heavy atom. The molecular formula is C18H19ClN2O2S. The van der Waals surface area contributed by atoms with Gasteiger partial charge in [0, 0.05) is 16.9 Å². The molecule has 0 spiro atoms. The van der Waals surface area contributed by atoms with Crippen LogP contribution in [0.1, 0.15) is 25.7 Å². The molecule has 1 aromatic heterocycles. The minimum atomic E-state index is 0.135. The Morgan fingerprint density at radius 3 is 2.92 bits per heavy atom. The van der Waals surface area contributed by atoms with Crippen LogP contribution < -0.4 is 10.1 Å². The minimum absolute atomic E-state index is 0.135. The zero-order valence-electron chi connectivity index (χ0n) is 13.4. The van der Waals surface area contributed by atoms with E-state index in [1.54, 1.807) is 7.11 Å². The maximum absolute atomic E-state index is 12.5. The molecule has 4 nitrogen and oxygen atoms in total. The third-order valence-electron chi connectivity index (χ3n) is 5.26. The molecule has 1 heterocycles. The van der Waals surface area contributed by atoms with Crippen LogP contribution in [0, 0.1) is 17.8 Å². The predicted octanol–water partition coefficient (Wildman–Crippen LogP) is 4.85. The first-order chi connectivity index (χ1) is 11.6.